The smallest absolute Gasteiger partial charge is 0.373 e. The number of halogens is 1. The summed E-state index contributed by atoms with van der Waals surface area (Å²) in [5.41, 5.74) is 15.5. The zero-order chi connectivity index (χ0) is 54.1. The Kier molecular flexibility index (Phi) is 20.6. The molecule has 12 rings (SSSR count). The van der Waals surface area contributed by atoms with Crippen molar-refractivity contribution >= 4 is 69.2 Å². The number of nitrogens with one attached hydrogen (secondary N) is 1. The summed E-state index contributed by atoms with van der Waals surface area (Å²) in [5.74, 6) is 1.53. The van der Waals surface area contributed by atoms with Gasteiger partial charge in [-0.25, -0.2) is 9.97 Å². The van der Waals surface area contributed by atoms with Gasteiger partial charge in [-0.05, 0) is 97.9 Å². The van der Waals surface area contributed by atoms with E-state index < -0.39 is 0 Å². The number of pyridine rings is 2. The van der Waals surface area contributed by atoms with Gasteiger partial charge in [-0.15, -0.1) is 11.6 Å². The number of carbonyl (C=O) groups is 2. The number of hydrogen-bond acceptors (Lipinski definition) is 12. The Balaban J connectivity index is 0.000000163. The van der Waals surface area contributed by atoms with E-state index in [0.717, 1.165) is 50.4 Å². The normalized spacial score (nSPS) is 17.2. The van der Waals surface area contributed by atoms with Crippen molar-refractivity contribution in [2.45, 2.75) is 116 Å². The second kappa shape index (κ2) is 28.1. The van der Waals surface area contributed by atoms with Crippen LogP contribution in [0.4, 0.5) is 11.4 Å². The van der Waals surface area contributed by atoms with Crippen LogP contribution in [0.5, 0.6) is 0 Å². The Labute approximate surface area is 456 Å². The van der Waals surface area contributed by atoms with Gasteiger partial charge in [0.15, 0.2) is 0 Å². The SMILES string of the molecule is CCc1ccc2c(C3CCCCC3)c3n(c2n1)CCN(CC(=O)N1CCOCC1)c1ccccc1-3.CCc1ccc2c(C3CCCCC3)c3n(c2n1)CCNc1ccccc1-3.O=C(CCl)N1CCOCC1.O=C=O.O=C=O. The Bertz CT molecular complexity index is 3000. The molecule has 1 N–H and O–H groups in total. The van der Waals surface area contributed by atoms with Crippen molar-refractivity contribution in [2.24, 2.45) is 0 Å². The van der Waals surface area contributed by atoms with E-state index in [2.05, 4.69) is 106 Å². The van der Waals surface area contributed by atoms with Crippen molar-refractivity contribution in [3.63, 3.8) is 0 Å². The molecular weight excluding hydrogens is 996 g/mol. The zero-order valence-electron chi connectivity index (χ0n) is 44.7. The van der Waals surface area contributed by atoms with Gasteiger partial charge in [0.2, 0.25) is 11.8 Å². The summed E-state index contributed by atoms with van der Waals surface area (Å²) in [6.45, 7) is 13.7. The summed E-state index contributed by atoms with van der Waals surface area (Å²) >= 11 is 5.35. The molecule has 0 atom stereocenters. The van der Waals surface area contributed by atoms with Gasteiger partial charge in [-0.2, -0.15) is 19.2 Å². The third-order valence-electron chi connectivity index (χ3n) is 15.9. The van der Waals surface area contributed by atoms with Crippen molar-refractivity contribution in [1.29, 1.82) is 0 Å². The van der Waals surface area contributed by atoms with E-state index in [1.54, 1.807) is 10.5 Å². The molecule has 2 aromatic carbocycles. The predicted molar refractivity (Wildman–Crippen MR) is 297 cm³/mol. The van der Waals surface area contributed by atoms with Gasteiger partial charge in [0.05, 0.1) is 44.4 Å². The average molecular weight is 1070 g/mol. The number of aromatic nitrogens is 4. The molecule has 17 heteroatoms. The molecule has 77 heavy (non-hydrogen) atoms. The molecule has 2 saturated carbocycles. The van der Waals surface area contributed by atoms with Crippen LogP contribution < -0.4 is 10.2 Å². The van der Waals surface area contributed by atoms with E-state index in [9.17, 15) is 9.59 Å². The Morgan fingerprint density at radius 2 is 1.05 bits per heavy atom. The number of nitrogens with zero attached hydrogens (tertiary/aromatic N) is 7. The quantitative estimate of drug-likeness (QED) is 0.150. The predicted octanol–water partition coefficient (Wildman–Crippen LogP) is 9.65. The summed E-state index contributed by atoms with van der Waals surface area (Å²) in [5, 5.41) is 6.35. The molecule has 4 aromatic heterocycles. The summed E-state index contributed by atoms with van der Waals surface area (Å²) in [7, 11) is 0. The number of hydrogen-bond donors (Lipinski definition) is 1. The first-order valence-corrected chi connectivity index (χ1v) is 28.3. The number of anilines is 2. The number of para-hydroxylation sites is 2. The average Bonchev–Trinajstić information content (AvgIpc) is 3.88. The standard InChI is InChI=1S/C29H36N4O2.C23H27N3.C6H10ClNO2.2CO2/c1-2-22-12-13-24-27(21-8-4-3-5-9-21)28-23-10-6-7-11-25(23)32(14-15-33(28)29(24)30-22)20-26(34)31-16-18-35-19-17-31;1-2-17-12-13-19-21(16-8-4-3-5-9-16)22-18-10-6-7-11-20(18)24-14-15-26(22)23(19)25-17;7-5-6(9)8-1-3-10-4-2-8;2*2-1-3/h6-7,10-13,21H,2-5,8-9,14-20H2,1H3;6-7,10-13,16,24H,2-5,8-9,14-15H2,1H3;1-5H2;;. The van der Waals surface area contributed by atoms with Crippen molar-refractivity contribution in [1.82, 2.24) is 28.9 Å². The van der Waals surface area contributed by atoms with Gasteiger partial charge in [0.25, 0.3) is 0 Å². The lowest BCUT2D eigenvalue weighted by Crippen LogP contribution is -2.46. The maximum Gasteiger partial charge on any atom is 0.373 e. The number of amides is 2. The first-order valence-electron chi connectivity index (χ1n) is 27.8. The topological polar surface area (TPSA) is 178 Å². The van der Waals surface area contributed by atoms with Crippen LogP contribution in [0.2, 0.25) is 0 Å². The number of carbonyl (C=O) groups excluding carboxylic acids is 6. The molecule has 4 aliphatic heterocycles. The third-order valence-corrected chi connectivity index (χ3v) is 16.1. The van der Waals surface area contributed by atoms with E-state index in [-0.39, 0.29) is 30.0 Å². The summed E-state index contributed by atoms with van der Waals surface area (Å²) in [4.78, 5) is 72.8. The van der Waals surface area contributed by atoms with E-state index in [0.29, 0.717) is 71.0 Å². The second-order valence-corrected chi connectivity index (χ2v) is 20.5. The van der Waals surface area contributed by atoms with E-state index >= 15 is 0 Å². The maximum absolute atomic E-state index is 13.2. The minimum atomic E-state index is 0.00460. The molecule has 2 aliphatic carbocycles. The van der Waals surface area contributed by atoms with Crippen molar-refractivity contribution in [3.8, 4) is 22.5 Å². The number of alkyl halides is 1. The van der Waals surface area contributed by atoms with E-state index in [4.69, 9.17) is 50.2 Å². The molecule has 408 valence electrons. The van der Waals surface area contributed by atoms with Gasteiger partial charge in [-0.3, -0.25) is 9.59 Å². The van der Waals surface area contributed by atoms with Crippen molar-refractivity contribution in [3.05, 3.63) is 95.3 Å². The Hall–Kier alpha value is -6.67. The van der Waals surface area contributed by atoms with Crippen molar-refractivity contribution in [2.75, 3.05) is 88.3 Å². The van der Waals surface area contributed by atoms with Gasteiger partial charge >= 0.3 is 12.3 Å². The summed E-state index contributed by atoms with van der Waals surface area (Å²) in [6.07, 6.45) is 15.6. The minimum absolute atomic E-state index is 0.00460. The number of benzene rings is 2. The molecular formula is C60H73ClN8O8. The fraction of sp³-hybridized carbons (Fsp3) is 0.500. The van der Waals surface area contributed by atoms with Crippen LogP contribution in [0.15, 0.2) is 72.8 Å². The molecule has 0 spiro atoms. The fourth-order valence-electron chi connectivity index (χ4n) is 12.2. The van der Waals surface area contributed by atoms with Crippen molar-refractivity contribution < 1.29 is 38.2 Å². The zero-order valence-corrected chi connectivity index (χ0v) is 45.5. The third kappa shape index (κ3) is 13.2. The van der Waals surface area contributed by atoms with Crippen LogP contribution in [0.25, 0.3) is 44.6 Å². The van der Waals surface area contributed by atoms with Crippen LogP contribution in [0.3, 0.4) is 0 Å². The molecule has 2 saturated heterocycles. The number of morpholine rings is 2. The van der Waals surface area contributed by atoms with Crippen LogP contribution in [-0.4, -0.2) is 131 Å². The molecule has 4 fully saturated rings. The lowest BCUT2D eigenvalue weighted by Gasteiger charge is -2.31. The molecule has 16 nitrogen and oxygen atoms in total. The van der Waals surface area contributed by atoms with Crippen LogP contribution >= 0.6 is 11.6 Å². The lowest BCUT2D eigenvalue weighted by atomic mass is 9.82. The summed E-state index contributed by atoms with van der Waals surface area (Å²) < 4.78 is 15.5. The summed E-state index contributed by atoms with van der Waals surface area (Å²) in [6, 6.07) is 26.6. The van der Waals surface area contributed by atoms with Crippen LogP contribution in [0.1, 0.15) is 112 Å². The van der Waals surface area contributed by atoms with E-state index in [1.165, 1.54) is 126 Å². The van der Waals surface area contributed by atoms with E-state index in [1.807, 2.05) is 4.90 Å². The van der Waals surface area contributed by atoms with Gasteiger partial charge in [0.1, 0.15) is 17.2 Å². The first-order chi connectivity index (χ1) is 37.8. The lowest BCUT2D eigenvalue weighted by molar-refractivity contribution is -0.193. The molecule has 6 aromatic rings. The van der Waals surface area contributed by atoms with Gasteiger partial charge < -0.3 is 38.6 Å². The highest BCUT2D eigenvalue weighted by Crippen LogP contribution is 2.48. The number of fused-ring (bicyclic) bond motifs is 10. The largest absolute Gasteiger partial charge is 0.383 e. The maximum atomic E-state index is 13.2. The highest BCUT2D eigenvalue weighted by molar-refractivity contribution is 6.27. The molecule has 8 heterocycles. The number of ether oxygens (including phenoxy) is 2. The number of rotatable bonds is 7. The monoisotopic (exact) mass is 1070 g/mol. The van der Waals surface area contributed by atoms with Crippen LogP contribution in [-0.2, 0) is 64.2 Å². The molecule has 0 unspecified atom stereocenters. The molecule has 0 radical (unpaired) electrons. The minimum Gasteiger partial charge on any atom is -0.383 e. The molecule has 2 amide bonds. The highest BCUT2D eigenvalue weighted by Gasteiger charge is 2.33. The number of aryl methyl sites for hydroxylation is 2. The second-order valence-electron chi connectivity index (χ2n) is 20.3. The Morgan fingerprint density at radius 3 is 1.57 bits per heavy atom. The molecule has 0 bridgehead atoms. The molecule has 6 aliphatic rings. The van der Waals surface area contributed by atoms with Gasteiger partial charge in [-0.1, -0.05) is 88.8 Å². The van der Waals surface area contributed by atoms with Gasteiger partial charge in [0, 0.05) is 97.0 Å². The fourth-order valence-corrected chi connectivity index (χ4v) is 12.3. The highest BCUT2D eigenvalue weighted by atomic mass is 35.5. The van der Waals surface area contributed by atoms with Crippen LogP contribution in [0, 0.1) is 0 Å². The Morgan fingerprint density at radius 1 is 0.584 bits per heavy atom. The first kappa shape index (κ1) is 56.5.